The summed E-state index contributed by atoms with van der Waals surface area (Å²) < 4.78 is 0. The van der Waals surface area contributed by atoms with Gasteiger partial charge in [-0.25, -0.2) is 0 Å². The van der Waals surface area contributed by atoms with Crippen LogP contribution in [0.3, 0.4) is 0 Å². The Balaban J connectivity index is 2.47. The van der Waals surface area contributed by atoms with Gasteiger partial charge >= 0.3 is 0 Å². The largest absolute Gasteiger partial charge is 0.317 e. The molecule has 1 saturated heterocycles. The summed E-state index contributed by atoms with van der Waals surface area (Å²) in [6.45, 7) is 6.34. The van der Waals surface area contributed by atoms with E-state index in [0.717, 1.165) is 37.6 Å². The third-order valence-corrected chi connectivity index (χ3v) is 3.41. The van der Waals surface area contributed by atoms with Crippen molar-refractivity contribution in [2.75, 3.05) is 26.2 Å². The van der Waals surface area contributed by atoms with E-state index in [2.05, 4.69) is 17.1 Å². The van der Waals surface area contributed by atoms with Gasteiger partial charge in [0, 0.05) is 23.2 Å². The molecule has 0 spiro atoms. The number of nitrogens with zero attached hydrogens (tertiary/aromatic N) is 1. The Morgan fingerprint density at radius 3 is 2.67 bits per heavy atom. The number of nitrogens with one attached hydrogen (secondary N) is 1. The number of piperidine rings is 1. The Morgan fingerprint density at radius 1 is 1.47 bits per heavy atom. The minimum Gasteiger partial charge on any atom is -0.317 e. The SMILES string of the molecule is CCCN(CC(Cl)=CCl)C1CCNCC1. The van der Waals surface area contributed by atoms with Crippen LogP contribution in [0.5, 0.6) is 0 Å². The van der Waals surface area contributed by atoms with Gasteiger partial charge in [0.1, 0.15) is 0 Å². The molecule has 1 rings (SSSR count). The van der Waals surface area contributed by atoms with Gasteiger partial charge in [0.05, 0.1) is 0 Å². The van der Waals surface area contributed by atoms with Crippen LogP contribution >= 0.6 is 23.2 Å². The molecule has 0 amide bonds. The van der Waals surface area contributed by atoms with Crippen LogP contribution in [0, 0.1) is 0 Å². The Bertz CT molecular complexity index is 201. The third-order valence-electron chi connectivity index (χ3n) is 2.81. The van der Waals surface area contributed by atoms with Crippen LogP contribution in [0.15, 0.2) is 10.6 Å². The number of hydrogen-bond acceptors (Lipinski definition) is 2. The minimum absolute atomic E-state index is 0.663. The van der Waals surface area contributed by atoms with Crippen molar-refractivity contribution in [2.45, 2.75) is 32.2 Å². The average Bonchev–Trinajstić information content (AvgIpc) is 2.29. The molecule has 2 nitrogen and oxygen atoms in total. The summed E-state index contributed by atoms with van der Waals surface area (Å²) in [4.78, 5) is 2.45. The molecule has 0 aromatic heterocycles. The van der Waals surface area contributed by atoms with Gasteiger partial charge in [0.15, 0.2) is 0 Å². The summed E-state index contributed by atoms with van der Waals surface area (Å²) in [6.07, 6.45) is 3.59. The number of rotatable bonds is 5. The highest BCUT2D eigenvalue weighted by atomic mass is 35.5. The van der Waals surface area contributed by atoms with Crippen LogP contribution < -0.4 is 5.32 Å². The highest BCUT2D eigenvalue weighted by Gasteiger charge is 2.20. The lowest BCUT2D eigenvalue weighted by molar-refractivity contribution is 0.178. The number of hydrogen-bond donors (Lipinski definition) is 1. The highest BCUT2D eigenvalue weighted by molar-refractivity contribution is 6.36. The zero-order chi connectivity index (χ0) is 11.1. The summed E-state index contributed by atoms with van der Waals surface area (Å²) in [5.41, 5.74) is 1.48. The average molecular weight is 251 g/mol. The molecule has 0 saturated carbocycles. The molecule has 4 heteroatoms. The maximum atomic E-state index is 5.99. The van der Waals surface area contributed by atoms with Crippen LogP contribution in [-0.2, 0) is 0 Å². The van der Waals surface area contributed by atoms with Crippen molar-refractivity contribution in [2.24, 2.45) is 0 Å². The molecular formula is C11H20Cl2N2. The summed E-state index contributed by atoms with van der Waals surface area (Å²) in [7, 11) is 0. The molecule has 15 heavy (non-hydrogen) atoms. The molecule has 0 aromatic rings. The molecule has 88 valence electrons. The van der Waals surface area contributed by atoms with Crippen molar-refractivity contribution >= 4 is 23.2 Å². The summed E-state index contributed by atoms with van der Waals surface area (Å²) in [6, 6.07) is 0.663. The first-order valence-corrected chi connectivity index (χ1v) is 6.49. The van der Waals surface area contributed by atoms with Gasteiger partial charge in [0.25, 0.3) is 0 Å². The second-order valence-electron chi connectivity index (χ2n) is 4.01. The third kappa shape index (κ3) is 4.73. The van der Waals surface area contributed by atoms with Crippen LogP contribution in [0.1, 0.15) is 26.2 Å². The molecule has 0 unspecified atom stereocenters. The molecular weight excluding hydrogens is 231 g/mol. The lowest BCUT2D eigenvalue weighted by atomic mass is 10.0. The molecule has 0 aliphatic carbocycles. The second-order valence-corrected chi connectivity index (χ2v) is 4.71. The molecule has 1 N–H and O–H groups in total. The fraction of sp³-hybridized carbons (Fsp3) is 0.818. The van der Waals surface area contributed by atoms with Crippen molar-refractivity contribution in [1.29, 1.82) is 0 Å². The van der Waals surface area contributed by atoms with E-state index in [1.54, 1.807) is 0 Å². The van der Waals surface area contributed by atoms with Crippen molar-refractivity contribution in [3.05, 3.63) is 10.6 Å². The van der Waals surface area contributed by atoms with Gasteiger partial charge in [-0.15, -0.1) is 0 Å². The first-order chi connectivity index (χ1) is 7.27. The van der Waals surface area contributed by atoms with E-state index >= 15 is 0 Å². The standard InChI is InChI=1S/C11H20Cl2N2/c1-2-7-15(9-10(13)8-12)11-3-5-14-6-4-11/h8,11,14H,2-7,9H2,1H3. The first kappa shape index (κ1) is 13.3. The van der Waals surface area contributed by atoms with Crippen LogP contribution in [0.2, 0.25) is 0 Å². The summed E-state index contributed by atoms with van der Waals surface area (Å²) in [5.74, 6) is 0. The van der Waals surface area contributed by atoms with Gasteiger partial charge in [-0.2, -0.15) is 0 Å². The Hall–Kier alpha value is 0.240. The Labute approximate surface area is 103 Å². The van der Waals surface area contributed by atoms with E-state index in [1.807, 2.05) is 0 Å². The van der Waals surface area contributed by atoms with Gasteiger partial charge in [-0.3, -0.25) is 4.90 Å². The molecule has 1 heterocycles. The predicted octanol–water partition coefficient (Wildman–Crippen LogP) is 2.77. The lowest BCUT2D eigenvalue weighted by Crippen LogP contribution is -2.43. The topological polar surface area (TPSA) is 15.3 Å². The van der Waals surface area contributed by atoms with Crippen LogP contribution in [0.4, 0.5) is 0 Å². The predicted molar refractivity (Wildman–Crippen MR) is 67.5 cm³/mol. The fourth-order valence-corrected chi connectivity index (χ4v) is 2.30. The van der Waals surface area contributed by atoms with Crippen molar-refractivity contribution in [3.8, 4) is 0 Å². The van der Waals surface area contributed by atoms with E-state index in [0.29, 0.717) is 6.04 Å². The van der Waals surface area contributed by atoms with E-state index < -0.39 is 0 Å². The van der Waals surface area contributed by atoms with Crippen LogP contribution in [0.25, 0.3) is 0 Å². The normalized spacial score (nSPS) is 19.9. The number of halogens is 2. The van der Waals surface area contributed by atoms with Gasteiger partial charge < -0.3 is 5.32 Å². The zero-order valence-electron chi connectivity index (χ0n) is 9.31. The van der Waals surface area contributed by atoms with E-state index in [9.17, 15) is 0 Å². The molecule has 1 aliphatic heterocycles. The minimum atomic E-state index is 0.663. The maximum Gasteiger partial charge on any atom is 0.0434 e. The van der Waals surface area contributed by atoms with Crippen LogP contribution in [-0.4, -0.2) is 37.1 Å². The second kappa shape index (κ2) is 7.50. The monoisotopic (exact) mass is 250 g/mol. The van der Waals surface area contributed by atoms with Crippen molar-refractivity contribution < 1.29 is 0 Å². The Morgan fingerprint density at radius 2 is 2.13 bits per heavy atom. The smallest absolute Gasteiger partial charge is 0.0434 e. The van der Waals surface area contributed by atoms with E-state index in [4.69, 9.17) is 23.2 Å². The Kier molecular flexibility index (Phi) is 6.66. The zero-order valence-corrected chi connectivity index (χ0v) is 10.8. The summed E-state index contributed by atoms with van der Waals surface area (Å²) in [5, 5.41) is 4.12. The van der Waals surface area contributed by atoms with E-state index in [1.165, 1.54) is 18.4 Å². The summed E-state index contributed by atoms with van der Waals surface area (Å²) >= 11 is 11.6. The molecule has 1 aliphatic rings. The van der Waals surface area contributed by atoms with Gasteiger partial charge in [0.2, 0.25) is 0 Å². The molecule has 1 fully saturated rings. The molecule has 0 atom stereocenters. The fourth-order valence-electron chi connectivity index (χ4n) is 2.08. The van der Waals surface area contributed by atoms with E-state index in [-0.39, 0.29) is 0 Å². The molecule has 0 bridgehead atoms. The highest BCUT2D eigenvalue weighted by Crippen LogP contribution is 2.16. The maximum absolute atomic E-state index is 5.99. The quantitative estimate of drug-likeness (QED) is 0.808. The molecule has 0 aromatic carbocycles. The van der Waals surface area contributed by atoms with Crippen molar-refractivity contribution in [3.63, 3.8) is 0 Å². The van der Waals surface area contributed by atoms with Gasteiger partial charge in [-0.05, 0) is 38.9 Å². The molecule has 0 radical (unpaired) electrons. The lowest BCUT2D eigenvalue weighted by Gasteiger charge is -2.34. The first-order valence-electron chi connectivity index (χ1n) is 5.67. The van der Waals surface area contributed by atoms with Gasteiger partial charge in [-0.1, -0.05) is 30.1 Å². The van der Waals surface area contributed by atoms with Crippen molar-refractivity contribution in [1.82, 2.24) is 10.2 Å².